The highest BCUT2D eigenvalue weighted by molar-refractivity contribution is 7.10. The number of hydrogen-bond donors (Lipinski definition) is 2. The van der Waals surface area contributed by atoms with E-state index in [9.17, 15) is 0 Å². The second kappa shape index (κ2) is 5.39. The fourth-order valence-corrected chi connectivity index (χ4v) is 2.38. The van der Waals surface area contributed by atoms with Gasteiger partial charge in [-0.2, -0.15) is 0 Å². The maximum Gasteiger partial charge on any atom is 0.115 e. The molecule has 0 aliphatic carbocycles. The number of aromatic nitrogens is 1. The lowest BCUT2D eigenvalue weighted by molar-refractivity contribution is 0.486. The number of rotatable bonds is 2. The highest BCUT2D eigenvalue weighted by atomic mass is 32.1. The van der Waals surface area contributed by atoms with E-state index >= 15 is 0 Å². The van der Waals surface area contributed by atoms with Gasteiger partial charge in [0.05, 0.1) is 6.17 Å². The van der Waals surface area contributed by atoms with Gasteiger partial charge in [-0.15, -0.1) is 11.3 Å². The number of nitrogens with two attached hydrogens (primary N) is 1. The van der Waals surface area contributed by atoms with Crippen molar-refractivity contribution in [1.29, 1.82) is 0 Å². The molecule has 2 rings (SSSR count). The Labute approximate surface area is 94.4 Å². The van der Waals surface area contributed by atoms with E-state index in [2.05, 4.69) is 22.5 Å². The van der Waals surface area contributed by atoms with Crippen LogP contribution in [0.25, 0.3) is 6.08 Å². The van der Waals surface area contributed by atoms with Crippen molar-refractivity contribution in [1.82, 2.24) is 10.3 Å². The van der Waals surface area contributed by atoms with E-state index in [-0.39, 0.29) is 6.17 Å². The van der Waals surface area contributed by atoms with Gasteiger partial charge in [0.25, 0.3) is 0 Å². The minimum Gasteiger partial charge on any atom is -0.316 e. The molecule has 2 heterocycles. The lowest BCUT2D eigenvalue weighted by Crippen LogP contribution is -2.41. The number of hydrogen-bond acceptors (Lipinski definition) is 4. The summed E-state index contributed by atoms with van der Waals surface area (Å²) in [6.07, 6.45) is 11.0. The van der Waals surface area contributed by atoms with Gasteiger partial charge in [-0.05, 0) is 18.9 Å². The van der Waals surface area contributed by atoms with E-state index in [0.29, 0.717) is 6.04 Å². The van der Waals surface area contributed by atoms with Crippen LogP contribution in [0.2, 0.25) is 0 Å². The second-order valence-corrected chi connectivity index (χ2v) is 4.82. The Morgan fingerprint density at radius 3 is 3.13 bits per heavy atom. The summed E-state index contributed by atoms with van der Waals surface area (Å²) < 4.78 is 0. The summed E-state index contributed by atoms with van der Waals surface area (Å²) in [5.74, 6) is 0. The molecule has 1 fully saturated rings. The Morgan fingerprint density at radius 2 is 2.33 bits per heavy atom. The third kappa shape index (κ3) is 3.41. The van der Waals surface area contributed by atoms with Gasteiger partial charge in [-0.25, -0.2) is 4.98 Å². The van der Waals surface area contributed by atoms with Gasteiger partial charge in [0.15, 0.2) is 0 Å². The zero-order valence-corrected chi connectivity index (χ0v) is 9.54. The largest absolute Gasteiger partial charge is 0.316 e. The summed E-state index contributed by atoms with van der Waals surface area (Å²) in [5.41, 5.74) is 5.92. The molecule has 1 aromatic heterocycles. The van der Waals surface area contributed by atoms with Crippen LogP contribution in [0, 0.1) is 0 Å². The molecule has 1 aliphatic heterocycles. The van der Waals surface area contributed by atoms with Crippen molar-refractivity contribution in [3.8, 4) is 0 Å². The molecule has 1 aromatic rings. The Hall–Kier alpha value is -0.710. The molecule has 0 amide bonds. The highest BCUT2D eigenvalue weighted by Crippen LogP contribution is 2.13. The Kier molecular flexibility index (Phi) is 3.88. The normalized spacial score (nSPS) is 28.1. The average Bonchev–Trinajstić information content (AvgIpc) is 2.65. The molecule has 1 aliphatic rings. The maximum absolute atomic E-state index is 5.92. The summed E-state index contributed by atoms with van der Waals surface area (Å²) >= 11 is 1.66. The van der Waals surface area contributed by atoms with Gasteiger partial charge < -0.3 is 5.73 Å². The van der Waals surface area contributed by atoms with Crippen LogP contribution in [-0.2, 0) is 0 Å². The monoisotopic (exact) mass is 223 g/mol. The van der Waals surface area contributed by atoms with Crippen LogP contribution in [0.15, 0.2) is 17.7 Å². The highest BCUT2D eigenvalue weighted by Gasteiger charge is 2.13. The molecular weight excluding hydrogens is 206 g/mol. The van der Waals surface area contributed by atoms with Crippen LogP contribution < -0.4 is 11.1 Å². The quantitative estimate of drug-likeness (QED) is 0.806. The summed E-state index contributed by atoms with van der Waals surface area (Å²) in [7, 11) is 0. The third-order valence-electron chi connectivity index (χ3n) is 2.63. The Bertz CT molecular complexity index is 308. The molecule has 82 valence electrons. The first-order chi connectivity index (χ1) is 7.34. The van der Waals surface area contributed by atoms with Crippen LogP contribution in [0.1, 0.15) is 30.7 Å². The predicted molar refractivity (Wildman–Crippen MR) is 64.5 cm³/mol. The number of nitrogens with one attached hydrogen (secondary N) is 1. The van der Waals surface area contributed by atoms with Crippen molar-refractivity contribution in [2.45, 2.75) is 37.9 Å². The molecule has 2 unspecified atom stereocenters. The molecule has 1 saturated heterocycles. The fraction of sp³-hybridized carbons (Fsp3) is 0.545. The van der Waals surface area contributed by atoms with Crippen molar-refractivity contribution < 1.29 is 0 Å². The van der Waals surface area contributed by atoms with Crippen LogP contribution >= 0.6 is 11.3 Å². The summed E-state index contributed by atoms with van der Waals surface area (Å²) in [4.78, 5) is 4.22. The molecule has 0 radical (unpaired) electrons. The average molecular weight is 223 g/mol. The van der Waals surface area contributed by atoms with Crippen molar-refractivity contribution >= 4 is 17.4 Å². The standard InChI is InChI=1S/C11H17N3S/c12-10-4-2-1-3-9(14-10)5-6-11-13-7-8-15-11/h5-10,14H,1-4,12H2. The van der Waals surface area contributed by atoms with Gasteiger partial charge in [0.2, 0.25) is 0 Å². The van der Waals surface area contributed by atoms with Crippen LogP contribution in [0.3, 0.4) is 0 Å². The first-order valence-corrected chi connectivity index (χ1v) is 6.32. The lowest BCUT2D eigenvalue weighted by Gasteiger charge is -2.15. The van der Waals surface area contributed by atoms with E-state index in [4.69, 9.17) is 5.73 Å². The van der Waals surface area contributed by atoms with Crippen LogP contribution in [0.5, 0.6) is 0 Å². The Balaban J connectivity index is 1.92. The van der Waals surface area contributed by atoms with E-state index in [1.54, 1.807) is 11.3 Å². The lowest BCUT2D eigenvalue weighted by atomic mass is 10.1. The minimum absolute atomic E-state index is 0.151. The molecule has 0 spiro atoms. The minimum atomic E-state index is 0.151. The zero-order chi connectivity index (χ0) is 10.5. The molecule has 0 bridgehead atoms. The van der Waals surface area contributed by atoms with Crippen molar-refractivity contribution in [2.75, 3.05) is 0 Å². The van der Waals surface area contributed by atoms with E-state index in [1.807, 2.05) is 11.6 Å². The van der Waals surface area contributed by atoms with Crippen molar-refractivity contribution in [2.24, 2.45) is 5.73 Å². The summed E-state index contributed by atoms with van der Waals surface area (Å²) in [6, 6.07) is 0.409. The summed E-state index contributed by atoms with van der Waals surface area (Å²) in [5, 5.41) is 6.47. The third-order valence-corrected chi connectivity index (χ3v) is 3.37. The van der Waals surface area contributed by atoms with Gasteiger partial charge in [0.1, 0.15) is 5.01 Å². The molecule has 3 N–H and O–H groups in total. The molecule has 15 heavy (non-hydrogen) atoms. The zero-order valence-electron chi connectivity index (χ0n) is 8.73. The molecule has 2 atom stereocenters. The second-order valence-electron chi connectivity index (χ2n) is 3.89. The smallest absolute Gasteiger partial charge is 0.115 e. The summed E-state index contributed by atoms with van der Waals surface area (Å²) in [6.45, 7) is 0. The molecule has 0 saturated carbocycles. The topological polar surface area (TPSA) is 50.9 Å². The Morgan fingerprint density at radius 1 is 1.47 bits per heavy atom. The first-order valence-electron chi connectivity index (χ1n) is 5.44. The number of thiazole rings is 1. The molecule has 4 heteroatoms. The van der Waals surface area contributed by atoms with E-state index in [1.165, 1.54) is 19.3 Å². The van der Waals surface area contributed by atoms with E-state index < -0.39 is 0 Å². The van der Waals surface area contributed by atoms with Crippen LogP contribution in [-0.4, -0.2) is 17.2 Å². The SMILES string of the molecule is NC1CCCCC(C=Cc2nccs2)N1. The number of nitrogens with zero attached hydrogens (tertiary/aromatic N) is 1. The van der Waals surface area contributed by atoms with E-state index in [0.717, 1.165) is 11.4 Å². The predicted octanol–water partition coefficient (Wildman–Crippen LogP) is 1.97. The van der Waals surface area contributed by atoms with Gasteiger partial charge in [-0.3, -0.25) is 5.32 Å². The molecule has 3 nitrogen and oxygen atoms in total. The molecule has 0 aromatic carbocycles. The van der Waals surface area contributed by atoms with Crippen molar-refractivity contribution in [3.63, 3.8) is 0 Å². The maximum atomic E-state index is 5.92. The van der Waals surface area contributed by atoms with Crippen molar-refractivity contribution in [3.05, 3.63) is 22.7 Å². The fourth-order valence-electron chi connectivity index (χ4n) is 1.84. The van der Waals surface area contributed by atoms with Crippen LogP contribution in [0.4, 0.5) is 0 Å². The first kappa shape index (κ1) is 10.8. The van der Waals surface area contributed by atoms with Gasteiger partial charge in [-0.1, -0.05) is 18.9 Å². The molecular formula is C11H17N3S. The van der Waals surface area contributed by atoms with Gasteiger partial charge in [0, 0.05) is 17.6 Å². The van der Waals surface area contributed by atoms with Gasteiger partial charge >= 0.3 is 0 Å².